The highest BCUT2D eigenvalue weighted by Gasteiger charge is 2.19. The quantitative estimate of drug-likeness (QED) is 0.918. The standard InChI is InChI=1S/C14H21NO3S2/c1-11(15-13-7-9-19(16)10-8-13)12-3-5-14(6-4-12)20(2,17)18/h3-6,11,13,15H,7-10H2,1-2H3. The molecule has 112 valence electrons. The Morgan fingerprint density at radius 1 is 1.20 bits per heavy atom. The van der Waals surface area contributed by atoms with Crippen molar-refractivity contribution >= 4 is 20.6 Å². The van der Waals surface area contributed by atoms with Crippen LogP contribution in [0, 0.1) is 0 Å². The largest absolute Gasteiger partial charge is 0.307 e. The predicted octanol–water partition coefficient (Wildman–Crippen LogP) is 1.65. The minimum atomic E-state index is -3.13. The Balaban J connectivity index is 1.99. The Bertz CT molecular complexity index is 571. The summed E-state index contributed by atoms with van der Waals surface area (Å²) in [6, 6.07) is 7.58. The zero-order valence-corrected chi connectivity index (χ0v) is 13.5. The molecule has 0 saturated carbocycles. The second kappa shape index (κ2) is 6.37. The van der Waals surface area contributed by atoms with E-state index in [2.05, 4.69) is 12.2 Å². The molecule has 1 saturated heterocycles. The summed E-state index contributed by atoms with van der Waals surface area (Å²) in [7, 11) is -3.77. The van der Waals surface area contributed by atoms with E-state index in [1.54, 1.807) is 12.1 Å². The van der Waals surface area contributed by atoms with Crippen LogP contribution in [0.4, 0.5) is 0 Å². The van der Waals surface area contributed by atoms with E-state index in [9.17, 15) is 12.6 Å². The maximum Gasteiger partial charge on any atom is 0.175 e. The van der Waals surface area contributed by atoms with Gasteiger partial charge in [0, 0.05) is 40.6 Å². The first-order valence-electron chi connectivity index (χ1n) is 6.77. The van der Waals surface area contributed by atoms with Crippen LogP contribution in [0.3, 0.4) is 0 Å². The van der Waals surface area contributed by atoms with E-state index in [4.69, 9.17) is 0 Å². The van der Waals surface area contributed by atoms with Crippen molar-refractivity contribution in [3.63, 3.8) is 0 Å². The lowest BCUT2D eigenvalue weighted by atomic mass is 10.1. The van der Waals surface area contributed by atoms with Crippen LogP contribution in [0.15, 0.2) is 29.2 Å². The van der Waals surface area contributed by atoms with Crippen molar-refractivity contribution in [1.82, 2.24) is 5.32 Å². The van der Waals surface area contributed by atoms with Gasteiger partial charge in [-0.2, -0.15) is 0 Å². The highest BCUT2D eigenvalue weighted by Crippen LogP contribution is 2.19. The van der Waals surface area contributed by atoms with Crippen LogP contribution in [0.2, 0.25) is 0 Å². The number of hydrogen-bond acceptors (Lipinski definition) is 4. The lowest BCUT2D eigenvalue weighted by molar-refractivity contribution is 0.427. The van der Waals surface area contributed by atoms with Crippen molar-refractivity contribution in [3.05, 3.63) is 29.8 Å². The first-order chi connectivity index (χ1) is 9.36. The average Bonchev–Trinajstić information content (AvgIpc) is 2.40. The number of nitrogens with one attached hydrogen (secondary N) is 1. The second-order valence-corrected chi connectivity index (χ2v) is 9.06. The molecule has 0 radical (unpaired) electrons. The molecule has 1 unspecified atom stereocenters. The third-order valence-corrected chi connectivity index (χ3v) is 6.19. The zero-order chi connectivity index (χ0) is 14.8. The summed E-state index contributed by atoms with van der Waals surface area (Å²) in [6.07, 6.45) is 3.10. The molecular formula is C14H21NO3S2. The molecule has 1 N–H and O–H groups in total. The van der Waals surface area contributed by atoms with Crippen molar-refractivity contribution in [2.45, 2.75) is 36.7 Å². The van der Waals surface area contributed by atoms with Crippen LogP contribution in [0.25, 0.3) is 0 Å². The molecule has 1 aliphatic heterocycles. The molecule has 1 atom stereocenters. The Hall–Kier alpha value is -0.720. The van der Waals surface area contributed by atoms with Gasteiger partial charge in [0.15, 0.2) is 9.84 Å². The second-order valence-electron chi connectivity index (χ2n) is 5.35. The van der Waals surface area contributed by atoms with E-state index in [-0.39, 0.29) is 6.04 Å². The van der Waals surface area contributed by atoms with Gasteiger partial charge in [0.05, 0.1) is 4.90 Å². The minimum absolute atomic E-state index is 0.167. The van der Waals surface area contributed by atoms with Crippen LogP contribution in [0.5, 0.6) is 0 Å². The third-order valence-electron chi connectivity index (χ3n) is 3.68. The summed E-state index contributed by atoms with van der Waals surface area (Å²) in [5, 5.41) is 3.53. The van der Waals surface area contributed by atoms with E-state index in [1.165, 1.54) is 6.26 Å². The molecular weight excluding hydrogens is 294 g/mol. The van der Waals surface area contributed by atoms with Crippen molar-refractivity contribution in [2.24, 2.45) is 0 Å². The molecule has 0 aliphatic carbocycles. The molecule has 1 aromatic carbocycles. The lowest BCUT2D eigenvalue weighted by Crippen LogP contribution is -2.37. The number of sulfone groups is 1. The van der Waals surface area contributed by atoms with Gasteiger partial charge >= 0.3 is 0 Å². The van der Waals surface area contributed by atoms with Crippen molar-refractivity contribution in [3.8, 4) is 0 Å². The van der Waals surface area contributed by atoms with Gasteiger partial charge in [-0.05, 0) is 37.5 Å². The molecule has 1 aromatic rings. The molecule has 4 nitrogen and oxygen atoms in total. The summed E-state index contributed by atoms with van der Waals surface area (Å²) in [5.74, 6) is 1.55. The molecule has 0 bridgehead atoms. The van der Waals surface area contributed by atoms with Gasteiger partial charge in [0.2, 0.25) is 0 Å². The summed E-state index contributed by atoms with van der Waals surface area (Å²) < 4.78 is 34.2. The maximum absolute atomic E-state index is 11.4. The van der Waals surface area contributed by atoms with E-state index >= 15 is 0 Å². The number of hydrogen-bond donors (Lipinski definition) is 1. The molecule has 6 heteroatoms. The fraction of sp³-hybridized carbons (Fsp3) is 0.571. The first-order valence-corrected chi connectivity index (χ1v) is 10.2. The zero-order valence-electron chi connectivity index (χ0n) is 11.8. The Kier molecular flexibility index (Phi) is 4.99. The SMILES string of the molecule is CC(NC1CCS(=O)CC1)c1ccc(S(C)(=O)=O)cc1. The normalized spacial score (nSPS) is 25.3. The van der Waals surface area contributed by atoms with E-state index in [0.717, 1.165) is 29.9 Å². The Morgan fingerprint density at radius 3 is 2.25 bits per heavy atom. The van der Waals surface area contributed by atoms with Crippen LogP contribution >= 0.6 is 0 Å². The molecule has 20 heavy (non-hydrogen) atoms. The molecule has 1 heterocycles. The van der Waals surface area contributed by atoms with E-state index in [0.29, 0.717) is 10.9 Å². The van der Waals surface area contributed by atoms with Gasteiger partial charge in [-0.3, -0.25) is 4.21 Å². The molecule has 2 rings (SSSR count). The van der Waals surface area contributed by atoms with Gasteiger partial charge < -0.3 is 5.32 Å². The molecule has 1 fully saturated rings. The topological polar surface area (TPSA) is 63.2 Å². The van der Waals surface area contributed by atoms with Crippen LogP contribution < -0.4 is 5.32 Å². The fourth-order valence-corrected chi connectivity index (χ4v) is 4.34. The van der Waals surface area contributed by atoms with Crippen LogP contribution in [0.1, 0.15) is 31.4 Å². The van der Waals surface area contributed by atoms with Gasteiger partial charge in [0.1, 0.15) is 0 Å². The van der Waals surface area contributed by atoms with E-state index in [1.807, 2.05) is 12.1 Å². The van der Waals surface area contributed by atoms with Gasteiger partial charge in [-0.25, -0.2) is 8.42 Å². The van der Waals surface area contributed by atoms with Gasteiger partial charge in [0.25, 0.3) is 0 Å². The van der Waals surface area contributed by atoms with E-state index < -0.39 is 20.6 Å². The minimum Gasteiger partial charge on any atom is -0.307 e. The first kappa shape index (κ1) is 15.7. The van der Waals surface area contributed by atoms with Gasteiger partial charge in [-0.1, -0.05) is 12.1 Å². The Morgan fingerprint density at radius 2 is 1.75 bits per heavy atom. The molecule has 1 aliphatic rings. The lowest BCUT2D eigenvalue weighted by Gasteiger charge is -2.26. The highest BCUT2D eigenvalue weighted by molar-refractivity contribution is 7.90. The predicted molar refractivity (Wildman–Crippen MR) is 82.0 cm³/mol. The maximum atomic E-state index is 11.4. The van der Waals surface area contributed by atoms with Crippen molar-refractivity contribution < 1.29 is 12.6 Å². The number of rotatable bonds is 4. The summed E-state index contributed by atoms with van der Waals surface area (Å²) in [6.45, 7) is 2.07. The molecule has 0 spiro atoms. The summed E-state index contributed by atoms with van der Waals surface area (Å²) >= 11 is 0. The molecule has 0 aromatic heterocycles. The summed E-state index contributed by atoms with van der Waals surface area (Å²) in [5.41, 5.74) is 1.07. The number of benzene rings is 1. The average molecular weight is 315 g/mol. The van der Waals surface area contributed by atoms with Crippen molar-refractivity contribution in [2.75, 3.05) is 17.8 Å². The highest BCUT2D eigenvalue weighted by atomic mass is 32.2. The summed E-state index contributed by atoms with van der Waals surface area (Å²) in [4.78, 5) is 0.349. The van der Waals surface area contributed by atoms with Crippen molar-refractivity contribution in [1.29, 1.82) is 0 Å². The third kappa shape index (κ3) is 4.14. The smallest absolute Gasteiger partial charge is 0.175 e. The van der Waals surface area contributed by atoms with Crippen LogP contribution in [-0.4, -0.2) is 36.4 Å². The van der Waals surface area contributed by atoms with Gasteiger partial charge in [-0.15, -0.1) is 0 Å². The van der Waals surface area contributed by atoms with Crippen LogP contribution in [-0.2, 0) is 20.6 Å². The fourth-order valence-electron chi connectivity index (χ4n) is 2.41. The Labute approximate surface area is 123 Å². The molecule has 0 amide bonds. The monoisotopic (exact) mass is 315 g/mol.